The quantitative estimate of drug-likeness (QED) is 0.199. The van der Waals surface area contributed by atoms with Crippen LogP contribution in [-0.2, 0) is 33.9 Å². The Kier molecular flexibility index (Phi) is 8.10. The van der Waals surface area contributed by atoms with Crippen molar-refractivity contribution in [3.63, 3.8) is 0 Å². The van der Waals surface area contributed by atoms with Gasteiger partial charge in [-0.1, -0.05) is 24.3 Å². The maximum absolute atomic E-state index is 13.9. The van der Waals surface area contributed by atoms with E-state index in [4.69, 9.17) is 15.0 Å². The molecule has 0 aliphatic carbocycles. The topological polar surface area (TPSA) is 164 Å². The highest BCUT2D eigenvalue weighted by Crippen LogP contribution is 2.24. The summed E-state index contributed by atoms with van der Waals surface area (Å²) >= 11 is 1.58. The SMILES string of the molecule is NC(=O)[C@H](CN(Cc1ccc(-c2cccs2)cn1)C(=O)c1ccc2c(c1)B(O)OC2)NC(=O)c1ccc2c(c1)B(O)OC2. The molecule has 2 aliphatic rings. The van der Waals surface area contributed by atoms with Gasteiger partial charge in [-0.05, 0) is 63.8 Å². The third-order valence-corrected chi connectivity index (χ3v) is 8.37. The molecule has 0 saturated heterocycles. The van der Waals surface area contributed by atoms with E-state index in [1.54, 1.807) is 53.9 Å². The van der Waals surface area contributed by atoms with E-state index in [1.165, 1.54) is 11.0 Å². The van der Waals surface area contributed by atoms with Crippen LogP contribution in [0.4, 0.5) is 0 Å². The third-order valence-electron chi connectivity index (χ3n) is 7.45. The van der Waals surface area contributed by atoms with Crippen molar-refractivity contribution in [2.45, 2.75) is 25.8 Å². The molecule has 0 fully saturated rings. The number of aromatic nitrogens is 1. The van der Waals surface area contributed by atoms with Gasteiger partial charge >= 0.3 is 14.2 Å². The molecule has 4 aromatic rings. The number of primary amides is 1. The van der Waals surface area contributed by atoms with Crippen molar-refractivity contribution < 1.29 is 33.7 Å². The van der Waals surface area contributed by atoms with Crippen LogP contribution in [0.15, 0.2) is 72.2 Å². The van der Waals surface area contributed by atoms with Gasteiger partial charge < -0.3 is 35.3 Å². The van der Waals surface area contributed by atoms with E-state index in [2.05, 4.69) is 10.3 Å². The highest BCUT2D eigenvalue weighted by Gasteiger charge is 2.32. The van der Waals surface area contributed by atoms with Crippen molar-refractivity contribution in [2.75, 3.05) is 6.54 Å². The van der Waals surface area contributed by atoms with Gasteiger partial charge in [0.15, 0.2) is 0 Å². The number of hydrogen-bond donors (Lipinski definition) is 4. The second-order valence-corrected chi connectivity index (χ2v) is 11.2. The number of nitrogens with zero attached hydrogens (tertiary/aromatic N) is 2. The van der Waals surface area contributed by atoms with Crippen LogP contribution in [-0.4, -0.2) is 64.5 Å². The molecule has 5 N–H and O–H groups in total. The van der Waals surface area contributed by atoms with Gasteiger partial charge in [0.05, 0.1) is 32.0 Å². The van der Waals surface area contributed by atoms with Crippen molar-refractivity contribution in [3.05, 3.63) is 100 Å². The lowest BCUT2D eigenvalue weighted by molar-refractivity contribution is -0.120. The summed E-state index contributed by atoms with van der Waals surface area (Å²) in [6, 6.07) is 16.0. The summed E-state index contributed by atoms with van der Waals surface area (Å²) in [6.45, 7) is 0.229. The monoisotopic (exact) mass is 596 g/mol. The number of carbonyl (C=O) groups is 3. The predicted octanol–water partition coefficient (Wildman–Crippen LogP) is 0.172. The summed E-state index contributed by atoms with van der Waals surface area (Å²) in [5, 5.41) is 24.8. The minimum Gasteiger partial charge on any atom is -0.423 e. The molecule has 0 bridgehead atoms. The summed E-state index contributed by atoms with van der Waals surface area (Å²) in [7, 11) is -2.28. The van der Waals surface area contributed by atoms with E-state index in [0.717, 1.165) is 21.6 Å². The number of hydrogen-bond acceptors (Lipinski definition) is 9. The van der Waals surface area contributed by atoms with E-state index >= 15 is 0 Å². The summed E-state index contributed by atoms with van der Waals surface area (Å²) in [6.07, 6.45) is 1.71. The highest BCUT2D eigenvalue weighted by atomic mass is 32.1. The summed E-state index contributed by atoms with van der Waals surface area (Å²) in [5.41, 5.74) is 10.1. The molecule has 1 atom stereocenters. The molecule has 0 saturated carbocycles. The molecule has 2 aromatic heterocycles. The lowest BCUT2D eigenvalue weighted by Crippen LogP contribution is -2.52. The number of rotatable bonds is 9. The van der Waals surface area contributed by atoms with Crippen molar-refractivity contribution in [1.82, 2.24) is 15.2 Å². The molecule has 4 heterocycles. The van der Waals surface area contributed by atoms with Crippen LogP contribution in [0.5, 0.6) is 0 Å². The van der Waals surface area contributed by atoms with Gasteiger partial charge in [-0.2, -0.15) is 0 Å². The van der Waals surface area contributed by atoms with Crippen molar-refractivity contribution >= 4 is 54.2 Å². The lowest BCUT2D eigenvalue weighted by atomic mass is 9.78. The standard InChI is InChI=1S/C29H26B2N4O7S/c32-27(36)25(34-28(37)17-3-5-20-15-41-30(39)23(20)10-17)14-35(13-22-8-7-19(12-33-22)26-2-1-9-43-26)29(38)18-4-6-21-16-42-31(40)24(21)11-18/h1-12,25,39-40H,13-16H2,(H2,32,36)(H,34,37)/t25-/m0/s1. The molecule has 3 amide bonds. The zero-order chi connectivity index (χ0) is 30.1. The fourth-order valence-electron chi connectivity index (χ4n) is 5.08. The summed E-state index contributed by atoms with van der Waals surface area (Å²) in [4.78, 5) is 46.6. The normalized spacial score (nSPS) is 14.3. The Bertz CT molecular complexity index is 1690. The fraction of sp³-hybridized carbons (Fsp3) is 0.172. The van der Waals surface area contributed by atoms with Crippen molar-refractivity contribution in [1.29, 1.82) is 0 Å². The van der Waals surface area contributed by atoms with Crippen LogP contribution in [0, 0.1) is 0 Å². The van der Waals surface area contributed by atoms with Gasteiger partial charge in [0, 0.05) is 27.8 Å². The van der Waals surface area contributed by atoms with Gasteiger partial charge in [-0.3, -0.25) is 19.4 Å². The summed E-state index contributed by atoms with van der Waals surface area (Å²) in [5.74, 6) is -1.90. The zero-order valence-electron chi connectivity index (χ0n) is 22.8. The second kappa shape index (κ2) is 12.1. The predicted molar refractivity (Wildman–Crippen MR) is 160 cm³/mol. The molecule has 0 radical (unpaired) electrons. The molecule has 2 aromatic carbocycles. The Hall–Kier alpha value is -4.33. The number of nitrogens with one attached hydrogen (secondary N) is 1. The first kappa shape index (κ1) is 28.8. The average molecular weight is 596 g/mol. The van der Waals surface area contributed by atoms with Crippen LogP contribution < -0.4 is 22.0 Å². The largest absolute Gasteiger partial charge is 0.491 e. The van der Waals surface area contributed by atoms with Crippen molar-refractivity contribution in [2.24, 2.45) is 5.73 Å². The molecule has 2 aliphatic heterocycles. The lowest BCUT2D eigenvalue weighted by Gasteiger charge is -2.27. The average Bonchev–Trinajstić information content (AvgIpc) is 3.77. The molecular formula is C29H26B2N4O7S. The van der Waals surface area contributed by atoms with Gasteiger partial charge in [-0.15, -0.1) is 11.3 Å². The Morgan fingerprint density at radius 3 is 2.26 bits per heavy atom. The van der Waals surface area contributed by atoms with Gasteiger partial charge in [0.1, 0.15) is 6.04 Å². The molecule has 11 nitrogen and oxygen atoms in total. The number of fused-ring (bicyclic) bond motifs is 2. The Morgan fingerprint density at radius 2 is 1.65 bits per heavy atom. The molecule has 43 heavy (non-hydrogen) atoms. The molecule has 14 heteroatoms. The zero-order valence-corrected chi connectivity index (χ0v) is 23.6. The van der Waals surface area contributed by atoms with Gasteiger partial charge in [-0.25, -0.2) is 0 Å². The van der Waals surface area contributed by atoms with E-state index < -0.39 is 38.0 Å². The van der Waals surface area contributed by atoms with Gasteiger partial charge in [0.25, 0.3) is 11.8 Å². The van der Waals surface area contributed by atoms with E-state index in [1.807, 2.05) is 23.6 Å². The number of carbonyl (C=O) groups excluding carboxylic acids is 3. The van der Waals surface area contributed by atoms with Crippen molar-refractivity contribution in [3.8, 4) is 10.4 Å². The van der Waals surface area contributed by atoms with E-state index in [0.29, 0.717) is 16.6 Å². The number of benzene rings is 2. The Morgan fingerprint density at radius 1 is 0.977 bits per heavy atom. The van der Waals surface area contributed by atoms with Crippen LogP contribution in [0.25, 0.3) is 10.4 Å². The number of thiophene rings is 1. The fourth-order valence-corrected chi connectivity index (χ4v) is 5.79. The van der Waals surface area contributed by atoms with Crippen LogP contribution in [0.2, 0.25) is 0 Å². The van der Waals surface area contributed by atoms with E-state index in [9.17, 15) is 24.4 Å². The minimum atomic E-state index is -1.25. The number of amides is 3. The third kappa shape index (κ3) is 6.10. The number of pyridine rings is 1. The van der Waals surface area contributed by atoms with Crippen LogP contribution in [0.1, 0.15) is 37.5 Å². The highest BCUT2D eigenvalue weighted by molar-refractivity contribution is 7.13. The first-order chi connectivity index (χ1) is 20.8. The molecule has 216 valence electrons. The Balaban J connectivity index is 1.26. The minimum absolute atomic E-state index is 0.0156. The first-order valence-corrected chi connectivity index (χ1v) is 14.4. The second-order valence-electron chi connectivity index (χ2n) is 10.3. The smallest absolute Gasteiger partial charge is 0.423 e. The molecular weight excluding hydrogens is 570 g/mol. The first-order valence-electron chi connectivity index (χ1n) is 13.5. The molecule has 0 spiro atoms. The maximum Gasteiger partial charge on any atom is 0.491 e. The summed E-state index contributed by atoms with van der Waals surface area (Å²) < 4.78 is 10.5. The van der Waals surface area contributed by atoms with Crippen LogP contribution >= 0.6 is 11.3 Å². The Labute approximate surface area is 251 Å². The molecule has 6 rings (SSSR count). The number of nitrogens with two attached hydrogens (primary N) is 1. The van der Waals surface area contributed by atoms with Gasteiger partial charge in [0.2, 0.25) is 5.91 Å². The van der Waals surface area contributed by atoms with Crippen LogP contribution in [0.3, 0.4) is 0 Å². The maximum atomic E-state index is 13.9. The molecule has 0 unspecified atom stereocenters. The van der Waals surface area contributed by atoms with E-state index in [-0.39, 0.29) is 37.4 Å².